The summed E-state index contributed by atoms with van der Waals surface area (Å²) in [5, 5.41) is 13.1. The first-order valence-corrected chi connectivity index (χ1v) is 12.0. The summed E-state index contributed by atoms with van der Waals surface area (Å²) in [7, 11) is 0. The number of nitrogens with zero attached hydrogens (tertiary/aromatic N) is 5. The second-order valence-corrected chi connectivity index (χ2v) is 9.56. The summed E-state index contributed by atoms with van der Waals surface area (Å²) in [5.74, 6) is 1.70. The number of thiazole rings is 1. The van der Waals surface area contributed by atoms with Gasteiger partial charge in [-0.25, -0.2) is 9.98 Å². The van der Waals surface area contributed by atoms with Gasteiger partial charge < -0.3 is 20.9 Å². The van der Waals surface area contributed by atoms with Crippen LogP contribution in [0.3, 0.4) is 0 Å². The number of amides is 1. The van der Waals surface area contributed by atoms with E-state index in [1.807, 2.05) is 41.6 Å². The molecule has 0 unspecified atom stereocenters. The predicted octanol–water partition coefficient (Wildman–Crippen LogP) is 2.64. The number of aromatic amines is 2. The number of aliphatic imine (C=N–C) groups is 2. The highest BCUT2D eigenvalue weighted by Gasteiger charge is 2.44. The van der Waals surface area contributed by atoms with Gasteiger partial charge in [-0.2, -0.15) is 10.1 Å². The lowest BCUT2D eigenvalue weighted by Gasteiger charge is -2.34. The lowest BCUT2D eigenvalue weighted by atomic mass is 9.98. The van der Waals surface area contributed by atoms with Crippen LogP contribution in [-0.4, -0.2) is 54.9 Å². The molecular formula is C22H27N9OS. The van der Waals surface area contributed by atoms with Crippen molar-refractivity contribution in [2.24, 2.45) is 15.7 Å². The Morgan fingerprint density at radius 1 is 1.45 bits per heavy atom. The monoisotopic (exact) mass is 465 g/mol. The molecule has 10 nitrogen and oxygen atoms in total. The van der Waals surface area contributed by atoms with Crippen LogP contribution in [0.1, 0.15) is 54.9 Å². The van der Waals surface area contributed by atoms with E-state index in [-0.39, 0.29) is 11.9 Å². The Kier molecular flexibility index (Phi) is 5.71. The smallest absolute Gasteiger partial charge is 0.246 e. The molecule has 2 aliphatic rings. The van der Waals surface area contributed by atoms with Gasteiger partial charge in [-0.3, -0.25) is 9.89 Å². The quantitative estimate of drug-likeness (QED) is 0.327. The molecule has 1 aliphatic carbocycles. The minimum absolute atomic E-state index is 0.0897. The van der Waals surface area contributed by atoms with Crippen LogP contribution < -0.4 is 11.1 Å². The summed E-state index contributed by atoms with van der Waals surface area (Å²) in [6, 6.07) is 5.72. The highest BCUT2D eigenvalue weighted by Crippen LogP contribution is 2.39. The maximum atomic E-state index is 13.1. The zero-order valence-corrected chi connectivity index (χ0v) is 19.2. The third-order valence-corrected chi connectivity index (χ3v) is 6.95. The topological polar surface area (TPSA) is 140 Å². The summed E-state index contributed by atoms with van der Waals surface area (Å²) in [5.41, 5.74) is 7.50. The summed E-state index contributed by atoms with van der Waals surface area (Å²) >= 11 is 1.51. The van der Waals surface area contributed by atoms with Gasteiger partial charge in [-0.05, 0) is 44.7 Å². The first kappa shape index (κ1) is 21.4. The van der Waals surface area contributed by atoms with E-state index in [0.29, 0.717) is 37.1 Å². The number of aromatic nitrogens is 4. The molecule has 0 bridgehead atoms. The number of likely N-dealkylation sites (tertiary alicyclic amines) is 1. The zero-order valence-electron chi connectivity index (χ0n) is 18.4. The number of H-pyrrole nitrogens is 2. The molecule has 2 fully saturated rings. The standard InChI is InChI=1S/C22H27N9OS/c1-22(20(32)26-13-18-25-9-11-33-18)7-3-10-31(22)21(23)28-19(15-4-2-8-24-15)27-17-12-16(29-30-17)14-5-6-14/h2,4,8-9,11-12,14,24H,3,5-7,10,13H2,1H3,(H,26,32)(H3,23,27,28,29,30)/t22-/m0/s1. The Morgan fingerprint density at radius 3 is 3.06 bits per heavy atom. The number of amidine groups is 1. The van der Waals surface area contributed by atoms with Gasteiger partial charge in [-0.1, -0.05) is 0 Å². The number of hydrogen-bond acceptors (Lipinski definition) is 5. The highest BCUT2D eigenvalue weighted by atomic mass is 32.1. The normalized spacial score (nSPS) is 21.5. The summed E-state index contributed by atoms with van der Waals surface area (Å²) in [4.78, 5) is 31.6. The van der Waals surface area contributed by atoms with Crippen molar-refractivity contribution in [3.05, 3.63) is 52.4 Å². The minimum Gasteiger partial charge on any atom is -0.369 e. The van der Waals surface area contributed by atoms with Crippen molar-refractivity contribution in [2.75, 3.05) is 6.54 Å². The van der Waals surface area contributed by atoms with Crippen molar-refractivity contribution >= 4 is 34.9 Å². The molecule has 0 radical (unpaired) electrons. The van der Waals surface area contributed by atoms with Crippen molar-refractivity contribution in [1.82, 2.24) is 30.4 Å². The third-order valence-electron chi connectivity index (χ3n) is 6.17. The van der Waals surface area contributed by atoms with Crippen LogP contribution in [0, 0.1) is 0 Å². The number of hydrogen-bond donors (Lipinski definition) is 4. The summed E-state index contributed by atoms with van der Waals surface area (Å²) in [6.07, 6.45) is 7.43. The molecule has 4 heterocycles. The lowest BCUT2D eigenvalue weighted by molar-refractivity contribution is -0.129. The minimum atomic E-state index is -0.794. The molecule has 3 aromatic heterocycles. The Bertz CT molecular complexity index is 1160. The number of rotatable bonds is 6. The molecule has 5 rings (SSSR count). The number of nitrogens with one attached hydrogen (secondary N) is 3. The number of guanidine groups is 1. The van der Waals surface area contributed by atoms with E-state index in [2.05, 4.69) is 35.5 Å². The fourth-order valence-electron chi connectivity index (χ4n) is 4.13. The van der Waals surface area contributed by atoms with Gasteiger partial charge in [0.15, 0.2) is 17.6 Å². The van der Waals surface area contributed by atoms with Gasteiger partial charge in [0, 0.05) is 42.0 Å². The molecule has 0 spiro atoms. The molecular weight excluding hydrogens is 438 g/mol. The molecule has 3 aromatic rings. The SMILES string of the molecule is C[C@@]1(C(=O)NCc2nccs2)CCCN1C(N)=NC(=Nc1cc(C2CC2)[nH]n1)c1ccc[nH]1. The summed E-state index contributed by atoms with van der Waals surface area (Å²) in [6.45, 7) is 2.94. The molecule has 1 amide bonds. The molecule has 172 valence electrons. The van der Waals surface area contributed by atoms with Crippen LogP contribution in [-0.2, 0) is 11.3 Å². The van der Waals surface area contributed by atoms with Crippen LogP contribution in [0.5, 0.6) is 0 Å². The Morgan fingerprint density at radius 2 is 2.33 bits per heavy atom. The average Bonchev–Trinajstić information content (AvgIpc) is 3.30. The molecule has 11 heteroatoms. The van der Waals surface area contributed by atoms with Gasteiger partial charge in [0.25, 0.3) is 0 Å². The lowest BCUT2D eigenvalue weighted by Crippen LogP contribution is -2.57. The van der Waals surface area contributed by atoms with Gasteiger partial charge >= 0.3 is 0 Å². The zero-order chi connectivity index (χ0) is 22.8. The Labute approximate surface area is 195 Å². The predicted molar refractivity (Wildman–Crippen MR) is 127 cm³/mol. The van der Waals surface area contributed by atoms with Crippen LogP contribution in [0.4, 0.5) is 5.82 Å². The van der Waals surface area contributed by atoms with Crippen molar-refractivity contribution < 1.29 is 4.79 Å². The number of carbonyl (C=O) groups excluding carboxylic acids is 1. The van der Waals surface area contributed by atoms with Crippen LogP contribution in [0.25, 0.3) is 0 Å². The number of carbonyl (C=O) groups is 1. The van der Waals surface area contributed by atoms with E-state index in [4.69, 9.17) is 5.73 Å². The van der Waals surface area contributed by atoms with E-state index in [1.54, 1.807) is 6.20 Å². The van der Waals surface area contributed by atoms with Crippen LogP contribution >= 0.6 is 11.3 Å². The summed E-state index contributed by atoms with van der Waals surface area (Å²) < 4.78 is 0. The molecule has 1 saturated carbocycles. The molecule has 5 N–H and O–H groups in total. The largest absolute Gasteiger partial charge is 0.369 e. The second kappa shape index (κ2) is 8.81. The van der Waals surface area contributed by atoms with Gasteiger partial charge in [0.05, 0.1) is 12.2 Å². The first-order valence-electron chi connectivity index (χ1n) is 11.1. The van der Waals surface area contributed by atoms with Crippen LogP contribution in [0.15, 0.2) is 46.0 Å². The third kappa shape index (κ3) is 4.54. The van der Waals surface area contributed by atoms with Gasteiger partial charge in [0.1, 0.15) is 10.5 Å². The van der Waals surface area contributed by atoms with E-state index in [9.17, 15) is 4.79 Å². The molecule has 33 heavy (non-hydrogen) atoms. The molecule has 0 aromatic carbocycles. The van der Waals surface area contributed by atoms with Gasteiger partial charge in [-0.15, -0.1) is 11.3 Å². The average molecular weight is 466 g/mol. The number of nitrogens with two attached hydrogens (primary N) is 1. The fraction of sp³-hybridized carbons (Fsp3) is 0.409. The van der Waals surface area contributed by atoms with Gasteiger partial charge in [0.2, 0.25) is 5.91 Å². The van der Waals surface area contributed by atoms with Crippen molar-refractivity contribution in [2.45, 2.75) is 50.6 Å². The molecule has 1 atom stereocenters. The molecule has 1 aliphatic heterocycles. The van der Waals surface area contributed by atoms with Crippen molar-refractivity contribution in [3.8, 4) is 0 Å². The Hall–Kier alpha value is -3.47. The maximum absolute atomic E-state index is 13.1. The highest BCUT2D eigenvalue weighted by molar-refractivity contribution is 7.09. The van der Waals surface area contributed by atoms with Crippen molar-refractivity contribution in [3.63, 3.8) is 0 Å². The van der Waals surface area contributed by atoms with Crippen molar-refractivity contribution in [1.29, 1.82) is 0 Å². The maximum Gasteiger partial charge on any atom is 0.246 e. The molecule has 1 saturated heterocycles. The van der Waals surface area contributed by atoms with Crippen LogP contribution in [0.2, 0.25) is 0 Å². The van der Waals surface area contributed by atoms with E-state index >= 15 is 0 Å². The second-order valence-electron chi connectivity index (χ2n) is 8.58. The first-order chi connectivity index (χ1) is 16.0. The van der Waals surface area contributed by atoms with E-state index in [0.717, 1.165) is 22.8 Å². The fourth-order valence-corrected chi connectivity index (χ4v) is 4.69. The Balaban J connectivity index is 1.38. The van der Waals surface area contributed by atoms with E-state index < -0.39 is 5.54 Å². The van der Waals surface area contributed by atoms with E-state index in [1.165, 1.54) is 24.2 Å².